The van der Waals surface area contributed by atoms with Crippen molar-refractivity contribution < 1.29 is 4.84 Å². The van der Waals surface area contributed by atoms with Gasteiger partial charge in [-0.3, -0.25) is 0 Å². The maximum absolute atomic E-state index is 10.0. The van der Waals surface area contributed by atoms with Crippen LogP contribution in [0, 0.1) is 22.7 Å². The first-order valence-corrected chi connectivity index (χ1v) is 6.78. The van der Waals surface area contributed by atoms with Crippen LogP contribution in [0.2, 0.25) is 0 Å². The van der Waals surface area contributed by atoms with E-state index in [0.717, 1.165) is 30.6 Å². The second-order valence-corrected chi connectivity index (χ2v) is 5.74. The Morgan fingerprint density at radius 3 is 1.88 bits per heavy atom. The van der Waals surface area contributed by atoms with Gasteiger partial charge in [-0.15, -0.1) is 4.91 Å². The summed E-state index contributed by atoms with van der Waals surface area (Å²) in [5.74, 6) is 2.77. The van der Waals surface area contributed by atoms with Crippen molar-refractivity contribution in [3.05, 3.63) is 4.91 Å². The largest absolute Gasteiger partial charge is 0.361 e. The summed E-state index contributed by atoms with van der Waals surface area (Å²) in [6.45, 7) is 2.37. The molecule has 0 spiro atoms. The molecule has 2 fully saturated rings. The number of rotatable bonds is 3. The molecule has 2 saturated carbocycles. The predicted molar refractivity (Wildman–Crippen MR) is 63.7 cm³/mol. The Kier molecular flexibility index (Phi) is 4.19. The minimum Gasteiger partial charge on any atom is -0.361 e. The van der Waals surface area contributed by atoms with Crippen molar-refractivity contribution in [2.24, 2.45) is 23.1 Å². The van der Waals surface area contributed by atoms with Crippen molar-refractivity contribution in [1.82, 2.24) is 0 Å². The number of hydrogen-bond acceptors (Lipinski definition) is 3. The van der Waals surface area contributed by atoms with Gasteiger partial charge in [-0.05, 0) is 56.3 Å². The first kappa shape index (κ1) is 11.9. The fraction of sp³-hybridized carbons (Fsp3) is 1.00. The SMILES string of the molecule is CC1CCC(C2CCC(ON=O)CC2)CC1. The third-order valence-electron chi connectivity index (χ3n) is 4.64. The van der Waals surface area contributed by atoms with Crippen LogP contribution >= 0.6 is 0 Å². The molecule has 0 N–H and O–H groups in total. The van der Waals surface area contributed by atoms with Gasteiger partial charge in [-0.1, -0.05) is 19.8 Å². The molecule has 2 aliphatic rings. The molecule has 16 heavy (non-hydrogen) atoms. The fourth-order valence-corrected chi connectivity index (χ4v) is 3.48. The van der Waals surface area contributed by atoms with Crippen LogP contribution in [0.3, 0.4) is 0 Å². The first-order chi connectivity index (χ1) is 7.79. The Morgan fingerprint density at radius 2 is 1.38 bits per heavy atom. The normalized spacial score (nSPS) is 40.3. The van der Waals surface area contributed by atoms with Gasteiger partial charge >= 0.3 is 0 Å². The second-order valence-electron chi connectivity index (χ2n) is 5.74. The van der Waals surface area contributed by atoms with E-state index in [2.05, 4.69) is 12.3 Å². The van der Waals surface area contributed by atoms with Gasteiger partial charge in [0.1, 0.15) is 6.10 Å². The monoisotopic (exact) mass is 225 g/mol. The van der Waals surface area contributed by atoms with E-state index in [-0.39, 0.29) is 6.10 Å². The van der Waals surface area contributed by atoms with Gasteiger partial charge in [-0.25, -0.2) is 0 Å². The van der Waals surface area contributed by atoms with Crippen molar-refractivity contribution in [3.63, 3.8) is 0 Å². The smallest absolute Gasteiger partial charge is 0.155 e. The van der Waals surface area contributed by atoms with Crippen molar-refractivity contribution in [1.29, 1.82) is 0 Å². The van der Waals surface area contributed by atoms with Gasteiger partial charge in [0.2, 0.25) is 0 Å². The van der Waals surface area contributed by atoms with Crippen LogP contribution in [-0.2, 0) is 4.84 Å². The summed E-state index contributed by atoms with van der Waals surface area (Å²) in [6, 6.07) is 0. The molecule has 0 aliphatic heterocycles. The van der Waals surface area contributed by atoms with Crippen LogP contribution in [-0.4, -0.2) is 6.10 Å². The zero-order valence-electron chi connectivity index (χ0n) is 10.2. The maximum Gasteiger partial charge on any atom is 0.155 e. The molecule has 92 valence electrons. The van der Waals surface area contributed by atoms with Gasteiger partial charge in [-0.2, -0.15) is 0 Å². The number of nitrogens with zero attached hydrogens (tertiary/aromatic N) is 1. The molecule has 0 radical (unpaired) electrons. The highest BCUT2D eigenvalue weighted by Gasteiger charge is 2.30. The van der Waals surface area contributed by atoms with E-state index in [9.17, 15) is 4.91 Å². The average molecular weight is 225 g/mol. The van der Waals surface area contributed by atoms with Gasteiger partial charge in [0.05, 0.1) is 0 Å². The molecule has 3 heteroatoms. The van der Waals surface area contributed by atoms with Crippen LogP contribution in [0.4, 0.5) is 0 Å². The van der Waals surface area contributed by atoms with Crippen molar-refractivity contribution in [2.75, 3.05) is 0 Å². The van der Waals surface area contributed by atoms with E-state index >= 15 is 0 Å². The zero-order valence-corrected chi connectivity index (χ0v) is 10.2. The van der Waals surface area contributed by atoms with Crippen molar-refractivity contribution >= 4 is 0 Å². The van der Waals surface area contributed by atoms with Crippen LogP contribution in [0.1, 0.15) is 58.3 Å². The third-order valence-corrected chi connectivity index (χ3v) is 4.64. The van der Waals surface area contributed by atoms with Crippen LogP contribution in [0.5, 0.6) is 0 Å². The molecule has 2 rings (SSSR count). The van der Waals surface area contributed by atoms with Crippen molar-refractivity contribution in [2.45, 2.75) is 64.4 Å². The predicted octanol–water partition coefficient (Wildman–Crippen LogP) is 4.07. The molecule has 2 aliphatic carbocycles. The summed E-state index contributed by atoms with van der Waals surface area (Å²) in [5, 5.41) is 2.56. The highest BCUT2D eigenvalue weighted by atomic mass is 16.7. The minimum atomic E-state index is 0.108. The van der Waals surface area contributed by atoms with E-state index in [1.807, 2.05) is 0 Å². The molecule has 0 amide bonds. The van der Waals surface area contributed by atoms with Crippen LogP contribution in [0.15, 0.2) is 5.34 Å². The first-order valence-electron chi connectivity index (χ1n) is 6.78. The Balaban J connectivity index is 1.74. The fourth-order valence-electron chi connectivity index (χ4n) is 3.48. The Bertz CT molecular complexity index is 216. The maximum atomic E-state index is 10.0. The van der Waals surface area contributed by atoms with Crippen molar-refractivity contribution in [3.8, 4) is 0 Å². The molecule has 0 aromatic rings. The lowest BCUT2D eigenvalue weighted by Gasteiger charge is -2.36. The van der Waals surface area contributed by atoms with E-state index in [0.29, 0.717) is 0 Å². The van der Waals surface area contributed by atoms with Gasteiger partial charge in [0, 0.05) is 0 Å². The highest BCUT2D eigenvalue weighted by molar-refractivity contribution is 4.81. The summed E-state index contributed by atoms with van der Waals surface area (Å²) in [7, 11) is 0. The Hall–Kier alpha value is -0.600. The van der Waals surface area contributed by atoms with Crippen LogP contribution in [0.25, 0.3) is 0 Å². The summed E-state index contributed by atoms with van der Waals surface area (Å²) in [4.78, 5) is 14.8. The lowest BCUT2D eigenvalue weighted by molar-refractivity contribution is 0.00789. The average Bonchev–Trinajstić information content (AvgIpc) is 2.32. The third kappa shape index (κ3) is 2.96. The highest BCUT2D eigenvalue weighted by Crippen LogP contribution is 2.40. The molecule has 0 saturated heterocycles. The molecule has 0 atom stereocenters. The van der Waals surface area contributed by atoms with E-state index in [4.69, 9.17) is 4.84 Å². The summed E-state index contributed by atoms with van der Waals surface area (Å²) < 4.78 is 0. The van der Waals surface area contributed by atoms with E-state index < -0.39 is 0 Å². The van der Waals surface area contributed by atoms with E-state index in [1.165, 1.54) is 38.5 Å². The Morgan fingerprint density at radius 1 is 0.875 bits per heavy atom. The molecule has 0 aromatic heterocycles. The topological polar surface area (TPSA) is 38.7 Å². The van der Waals surface area contributed by atoms with Crippen LogP contribution < -0.4 is 0 Å². The Labute approximate surface area is 97.9 Å². The number of hydrogen-bond donors (Lipinski definition) is 0. The standard InChI is InChI=1S/C13H23NO2/c1-10-2-4-11(5-3-10)12-6-8-13(9-7-12)16-14-15/h10-13H,2-9H2,1H3. The summed E-state index contributed by atoms with van der Waals surface area (Å²) in [6.07, 6.45) is 10.3. The van der Waals surface area contributed by atoms with Gasteiger partial charge in [0.25, 0.3) is 0 Å². The minimum absolute atomic E-state index is 0.108. The second kappa shape index (κ2) is 5.65. The lowest BCUT2D eigenvalue weighted by Crippen LogP contribution is -2.27. The molecule has 0 bridgehead atoms. The zero-order chi connectivity index (χ0) is 11.4. The lowest BCUT2D eigenvalue weighted by atomic mass is 9.71. The van der Waals surface area contributed by atoms with Gasteiger partial charge < -0.3 is 4.84 Å². The molecular weight excluding hydrogens is 202 g/mol. The molecule has 3 nitrogen and oxygen atoms in total. The summed E-state index contributed by atoms with van der Waals surface area (Å²) >= 11 is 0. The van der Waals surface area contributed by atoms with Gasteiger partial charge in [0.15, 0.2) is 5.34 Å². The van der Waals surface area contributed by atoms with E-state index in [1.54, 1.807) is 0 Å². The summed E-state index contributed by atoms with van der Waals surface area (Å²) in [5.41, 5.74) is 0. The molecule has 0 aromatic carbocycles. The molecule has 0 heterocycles. The molecular formula is C13H23NO2. The molecule has 0 unspecified atom stereocenters. The quantitative estimate of drug-likeness (QED) is 0.536.